The van der Waals surface area contributed by atoms with Crippen molar-refractivity contribution in [3.8, 4) is 11.5 Å². The van der Waals surface area contributed by atoms with Crippen LogP contribution in [-0.2, 0) is 4.79 Å². The molecule has 0 radical (unpaired) electrons. The van der Waals surface area contributed by atoms with Gasteiger partial charge in [0.15, 0.2) is 6.10 Å². The molecule has 0 bridgehead atoms. The van der Waals surface area contributed by atoms with Crippen LogP contribution in [0.15, 0.2) is 64.3 Å². The Balaban J connectivity index is 1.75. The third kappa shape index (κ3) is 5.32. The number of benzene rings is 2. The summed E-state index contributed by atoms with van der Waals surface area (Å²) in [4.78, 5) is 36.6. The van der Waals surface area contributed by atoms with Gasteiger partial charge in [-0.1, -0.05) is 17.7 Å². The number of hydrogen-bond acceptors (Lipinski definition) is 6. The molecule has 160 valence electrons. The number of halogens is 1. The van der Waals surface area contributed by atoms with Gasteiger partial charge >= 0.3 is 11.6 Å². The van der Waals surface area contributed by atoms with Crippen LogP contribution in [0.4, 0.5) is 0 Å². The average Bonchev–Trinajstić information content (AvgIpc) is 2.73. The molecule has 0 spiro atoms. The smallest absolute Gasteiger partial charge is 0.352 e. The van der Waals surface area contributed by atoms with Gasteiger partial charge < -0.3 is 19.2 Å². The summed E-state index contributed by atoms with van der Waals surface area (Å²) in [7, 11) is 0. The molecule has 3 aromatic rings. The van der Waals surface area contributed by atoms with E-state index in [-0.39, 0.29) is 23.4 Å². The maximum atomic E-state index is 12.4. The number of esters is 1. The van der Waals surface area contributed by atoms with E-state index in [1.165, 1.54) is 24.3 Å². The molecule has 0 saturated heterocycles. The molecule has 0 aliphatic carbocycles. The van der Waals surface area contributed by atoms with Crippen LogP contribution in [0, 0.1) is 6.92 Å². The van der Waals surface area contributed by atoms with Crippen molar-refractivity contribution in [3.63, 3.8) is 0 Å². The van der Waals surface area contributed by atoms with Crippen molar-refractivity contribution in [1.29, 1.82) is 0 Å². The lowest BCUT2D eigenvalue weighted by atomic mass is 10.1. The van der Waals surface area contributed by atoms with Crippen LogP contribution in [0.5, 0.6) is 11.5 Å². The summed E-state index contributed by atoms with van der Waals surface area (Å²) in [5, 5.41) is 3.60. The number of rotatable bonds is 7. The van der Waals surface area contributed by atoms with E-state index in [1.54, 1.807) is 31.2 Å². The SMILES string of the molecule is C=CCNC(=O)c1cc2ccc(OC(=O)C(C)Oc3ccc(Cl)cc3C)cc2oc1=O. The highest BCUT2D eigenvalue weighted by molar-refractivity contribution is 6.30. The van der Waals surface area contributed by atoms with Gasteiger partial charge in [-0.2, -0.15) is 0 Å². The standard InChI is InChI=1S/C23H20ClNO6/c1-4-9-25-21(26)18-11-15-5-7-17(12-20(15)31-23(18)28)30-22(27)14(3)29-19-8-6-16(24)10-13(19)2/h4-8,10-12,14H,1,9H2,2-3H3,(H,25,26). The van der Waals surface area contributed by atoms with Crippen molar-refractivity contribution < 1.29 is 23.5 Å². The molecule has 2 aromatic carbocycles. The maximum Gasteiger partial charge on any atom is 0.352 e. The lowest BCUT2D eigenvalue weighted by Crippen LogP contribution is -2.28. The fraction of sp³-hybridized carbons (Fsp3) is 0.174. The molecule has 0 saturated carbocycles. The molecule has 8 heteroatoms. The van der Waals surface area contributed by atoms with Gasteiger partial charge in [-0.3, -0.25) is 4.79 Å². The highest BCUT2D eigenvalue weighted by atomic mass is 35.5. The Hall–Kier alpha value is -3.58. The number of nitrogens with one attached hydrogen (secondary N) is 1. The first-order valence-electron chi connectivity index (χ1n) is 9.40. The van der Waals surface area contributed by atoms with E-state index in [0.29, 0.717) is 16.2 Å². The summed E-state index contributed by atoms with van der Waals surface area (Å²) >= 11 is 5.93. The first-order chi connectivity index (χ1) is 14.8. The van der Waals surface area contributed by atoms with Crippen molar-refractivity contribution in [2.24, 2.45) is 0 Å². The molecule has 0 fully saturated rings. The monoisotopic (exact) mass is 441 g/mol. The Bertz CT molecular complexity index is 1220. The van der Waals surface area contributed by atoms with Crippen molar-refractivity contribution in [2.75, 3.05) is 6.54 Å². The van der Waals surface area contributed by atoms with Crippen molar-refractivity contribution >= 4 is 34.4 Å². The minimum Gasteiger partial charge on any atom is -0.479 e. The fourth-order valence-corrected chi connectivity index (χ4v) is 2.98. The van der Waals surface area contributed by atoms with Gasteiger partial charge in [-0.05, 0) is 55.8 Å². The second-order valence-corrected chi connectivity index (χ2v) is 7.17. The molecule has 7 nitrogen and oxygen atoms in total. The van der Waals surface area contributed by atoms with Gasteiger partial charge in [0.2, 0.25) is 0 Å². The molecule has 3 rings (SSSR count). The Morgan fingerprint density at radius 2 is 2.00 bits per heavy atom. The summed E-state index contributed by atoms with van der Waals surface area (Å²) in [5.41, 5.74) is 0.0390. The molecule has 1 heterocycles. The van der Waals surface area contributed by atoms with E-state index in [4.69, 9.17) is 25.5 Å². The van der Waals surface area contributed by atoms with Crippen molar-refractivity contribution in [3.05, 3.63) is 81.7 Å². The van der Waals surface area contributed by atoms with Crippen LogP contribution in [0.25, 0.3) is 11.0 Å². The van der Waals surface area contributed by atoms with E-state index in [1.807, 2.05) is 6.92 Å². The Morgan fingerprint density at radius 1 is 1.23 bits per heavy atom. The molecule has 1 amide bonds. The maximum absolute atomic E-state index is 12.4. The predicted molar refractivity (Wildman–Crippen MR) is 117 cm³/mol. The zero-order valence-electron chi connectivity index (χ0n) is 16.9. The zero-order valence-corrected chi connectivity index (χ0v) is 17.7. The number of hydrogen-bond donors (Lipinski definition) is 1. The van der Waals surface area contributed by atoms with Gasteiger partial charge in [0, 0.05) is 23.0 Å². The molecular weight excluding hydrogens is 422 g/mol. The largest absolute Gasteiger partial charge is 0.479 e. The molecule has 1 unspecified atom stereocenters. The van der Waals surface area contributed by atoms with Gasteiger partial charge in [0.1, 0.15) is 22.6 Å². The van der Waals surface area contributed by atoms with E-state index >= 15 is 0 Å². The number of ether oxygens (including phenoxy) is 2. The van der Waals surface area contributed by atoms with Gasteiger partial charge in [-0.15, -0.1) is 6.58 Å². The van der Waals surface area contributed by atoms with E-state index in [9.17, 15) is 14.4 Å². The number of fused-ring (bicyclic) bond motifs is 1. The summed E-state index contributed by atoms with van der Waals surface area (Å²) in [5.74, 6) is -0.501. The normalized spacial score (nSPS) is 11.6. The third-order valence-electron chi connectivity index (χ3n) is 4.35. The van der Waals surface area contributed by atoms with Crippen LogP contribution in [0.3, 0.4) is 0 Å². The van der Waals surface area contributed by atoms with Gasteiger partial charge in [0.05, 0.1) is 0 Å². The topological polar surface area (TPSA) is 94.8 Å². The number of carbonyl (C=O) groups excluding carboxylic acids is 2. The highest BCUT2D eigenvalue weighted by Crippen LogP contribution is 2.24. The van der Waals surface area contributed by atoms with Crippen LogP contribution in [-0.4, -0.2) is 24.5 Å². The minimum atomic E-state index is -0.890. The molecule has 31 heavy (non-hydrogen) atoms. The lowest BCUT2D eigenvalue weighted by Gasteiger charge is -2.15. The molecule has 1 N–H and O–H groups in total. The van der Waals surface area contributed by atoms with E-state index in [2.05, 4.69) is 11.9 Å². The Morgan fingerprint density at radius 3 is 2.71 bits per heavy atom. The van der Waals surface area contributed by atoms with Crippen LogP contribution in [0.1, 0.15) is 22.8 Å². The van der Waals surface area contributed by atoms with Crippen LogP contribution < -0.4 is 20.4 Å². The van der Waals surface area contributed by atoms with E-state index in [0.717, 1.165) is 5.56 Å². The molecule has 0 aliphatic heterocycles. The molecular formula is C23H20ClNO6. The summed E-state index contributed by atoms with van der Waals surface area (Å²) in [6, 6.07) is 11.0. The van der Waals surface area contributed by atoms with Gasteiger partial charge in [0.25, 0.3) is 5.91 Å². The average molecular weight is 442 g/mol. The van der Waals surface area contributed by atoms with Crippen LogP contribution in [0.2, 0.25) is 5.02 Å². The highest BCUT2D eigenvalue weighted by Gasteiger charge is 2.19. The second kappa shape index (κ2) is 9.49. The Kier molecular flexibility index (Phi) is 6.77. The number of amides is 1. The zero-order chi connectivity index (χ0) is 22.5. The number of carbonyl (C=O) groups is 2. The summed E-state index contributed by atoms with van der Waals surface area (Å²) in [6.45, 7) is 7.10. The Labute approximate surface area is 183 Å². The minimum absolute atomic E-state index is 0.126. The summed E-state index contributed by atoms with van der Waals surface area (Å²) in [6.07, 6.45) is 0.610. The fourth-order valence-electron chi connectivity index (χ4n) is 2.76. The lowest BCUT2D eigenvalue weighted by molar-refractivity contribution is -0.141. The van der Waals surface area contributed by atoms with Crippen molar-refractivity contribution in [1.82, 2.24) is 5.32 Å². The second-order valence-electron chi connectivity index (χ2n) is 6.74. The first kappa shape index (κ1) is 22.1. The first-order valence-corrected chi connectivity index (χ1v) is 9.78. The van der Waals surface area contributed by atoms with Gasteiger partial charge in [-0.25, -0.2) is 9.59 Å². The summed E-state index contributed by atoms with van der Waals surface area (Å²) < 4.78 is 16.2. The quantitative estimate of drug-likeness (QED) is 0.257. The third-order valence-corrected chi connectivity index (χ3v) is 4.59. The molecule has 1 aromatic heterocycles. The van der Waals surface area contributed by atoms with Crippen molar-refractivity contribution in [2.45, 2.75) is 20.0 Å². The molecule has 0 aliphatic rings. The molecule has 1 atom stereocenters. The van der Waals surface area contributed by atoms with Crippen LogP contribution >= 0.6 is 11.6 Å². The van der Waals surface area contributed by atoms with E-state index < -0.39 is 23.6 Å². The predicted octanol–water partition coefficient (Wildman–Crippen LogP) is 4.04. The number of aryl methyl sites for hydroxylation is 1.